The standard InChI is InChI=1S/C7H17N3/c1-2-3-4-5-6-10-7(8)9/h2-6H2,1H3,(H4,8,9,10)/p+1. The van der Waals surface area contributed by atoms with Crippen LogP contribution in [0.3, 0.4) is 0 Å². The molecular weight excluding hydrogens is 126 g/mol. The van der Waals surface area contributed by atoms with Gasteiger partial charge in [-0.05, 0) is 6.42 Å². The minimum atomic E-state index is 0.330. The smallest absolute Gasteiger partial charge is 0.291 e. The van der Waals surface area contributed by atoms with Gasteiger partial charge in [0.1, 0.15) is 0 Å². The zero-order valence-corrected chi connectivity index (χ0v) is 6.69. The summed E-state index contributed by atoms with van der Waals surface area (Å²) < 4.78 is 0. The van der Waals surface area contributed by atoms with E-state index in [1.165, 1.54) is 19.3 Å². The van der Waals surface area contributed by atoms with Gasteiger partial charge in [0.05, 0.1) is 6.54 Å². The molecular formula is C7H18N3+. The van der Waals surface area contributed by atoms with E-state index in [4.69, 9.17) is 11.5 Å². The van der Waals surface area contributed by atoms with Gasteiger partial charge in [0.2, 0.25) is 0 Å². The summed E-state index contributed by atoms with van der Waals surface area (Å²) in [6, 6.07) is 0. The maximum absolute atomic E-state index is 5.19. The van der Waals surface area contributed by atoms with Crippen molar-refractivity contribution >= 4 is 5.96 Å². The van der Waals surface area contributed by atoms with E-state index in [0.717, 1.165) is 13.0 Å². The maximum Gasteiger partial charge on any atom is 0.338 e. The first-order valence-corrected chi connectivity index (χ1v) is 3.89. The van der Waals surface area contributed by atoms with Gasteiger partial charge in [-0.2, -0.15) is 0 Å². The van der Waals surface area contributed by atoms with Crippen molar-refractivity contribution in [2.45, 2.75) is 32.6 Å². The molecule has 0 rings (SSSR count). The zero-order chi connectivity index (χ0) is 7.82. The Morgan fingerprint density at radius 2 is 1.90 bits per heavy atom. The molecule has 0 radical (unpaired) electrons. The van der Waals surface area contributed by atoms with Gasteiger partial charge in [-0.25, -0.2) is 0 Å². The van der Waals surface area contributed by atoms with Crippen LogP contribution in [-0.4, -0.2) is 12.5 Å². The Bertz CT molecular complexity index is 95.0. The largest absolute Gasteiger partial charge is 0.338 e. The molecule has 0 aliphatic carbocycles. The molecule has 0 saturated carbocycles. The van der Waals surface area contributed by atoms with E-state index >= 15 is 0 Å². The Kier molecular flexibility index (Phi) is 5.92. The predicted molar refractivity (Wildman–Crippen MR) is 43.4 cm³/mol. The minimum absolute atomic E-state index is 0.330. The predicted octanol–water partition coefficient (Wildman–Crippen LogP) is -1.08. The lowest BCUT2D eigenvalue weighted by molar-refractivity contribution is -0.459. The molecule has 0 bridgehead atoms. The fraction of sp³-hybridized carbons (Fsp3) is 0.857. The second kappa shape index (κ2) is 6.39. The Morgan fingerprint density at radius 1 is 1.20 bits per heavy atom. The summed E-state index contributed by atoms with van der Waals surface area (Å²) >= 11 is 0. The third-order valence-electron chi connectivity index (χ3n) is 1.36. The monoisotopic (exact) mass is 144 g/mol. The van der Waals surface area contributed by atoms with Crippen molar-refractivity contribution in [1.29, 1.82) is 0 Å². The molecule has 0 aromatic heterocycles. The van der Waals surface area contributed by atoms with Crippen LogP contribution in [0.4, 0.5) is 0 Å². The van der Waals surface area contributed by atoms with Crippen molar-refractivity contribution in [3.8, 4) is 0 Å². The molecule has 0 aliphatic heterocycles. The van der Waals surface area contributed by atoms with Gasteiger partial charge >= 0.3 is 5.96 Å². The normalized spacial score (nSPS) is 9.30. The third-order valence-corrected chi connectivity index (χ3v) is 1.36. The SMILES string of the molecule is CCCCCC[NH+]=C(N)N. The van der Waals surface area contributed by atoms with Crippen LogP contribution < -0.4 is 16.5 Å². The summed E-state index contributed by atoms with van der Waals surface area (Å²) in [6.45, 7) is 3.10. The topological polar surface area (TPSA) is 66.0 Å². The molecule has 0 fully saturated rings. The molecule has 0 saturated heterocycles. The number of nitrogens with one attached hydrogen (secondary N) is 1. The first-order chi connectivity index (χ1) is 4.77. The van der Waals surface area contributed by atoms with Crippen molar-refractivity contribution in [2.24, 2.45) is 11.5 Å². The lowest BCUT2D eigenvalue weighted by atomic mass is 10.2. The van der Waals surface area contributed by atoms with Crippen molar-refractivity contribution in [1.82, 2.24) is 0 Å². The van der Waals surface area contributed by atoms with E-state index in [1.54, 1.807) is 0 Å². The summed E-state index contributed by atoms with van der Waals surface area (Å²) in [5.41, 5.74) is 10.4. The fourth-order valence-electron chi connectivity index (χ4n) is 0.785. The third kappa shape index (κ3) is 7.27. The summed E-state index contributed by atoms with van der Waals surface area (Å²) in [6.07, 6.45) is 4.98. The molecule has 0 spiro atoms. The van der Waals surface area contributed by atoms with Gasteiger partial charge in [0.25, 0.3) is 0 Å². The van der Waals surface area contributed by atoms with E-state index in [1.807, 2.05) is 0 Å². The van der Waals surface area contributed by atoms with E-state index in [9.17, 15) is 0 Å². The molecule has 5 N–H and O–H groups in total. The molecule has 10 heavy (non-hydrogen) atoms. The van der Waals surface area contributed by atoms with Crippen LogP contribution in [0.25, 0.3) is 0 Å². The first kappa shape index (κ1) is 9.27. The summed E-state index contributed by atoms with van der Waals surface area (Å²) in [4.78, 5) is 2.88. The van der Waals surface area contributed by atoms with Gasteiger partial charge in [-0.1, -0.05) is 26.2 Å². The van der Waals surface area contributed by atoms with Crippen LogP contribution in [0.15, 0.2) is 0 Å². The maximum atomic E-state index is 5.19. The lowest BCUT2D eigenvalue weighted by Gasteiger charge is -1.92. The van der Waals surface area contributed by atoms with Crippen molar-refractivity contribution < 1.29 is 4.99 Å². The number of hydrogen-bond acceptors (Lipinski definition) is 0. The van der Waals surface area contributed by atoms with Crippen molar-refractivity contribution in [3.63, 3.8) is 0 Å². The Balaban J connectivity index is 2.98. The van der Waals surface area contributed by atoms with Crippen LogP contribution in [0, 0.1) is 0 Å². The number of guanidine groups is 1. The number of hydrogen-bond donors (Lipinski definition) is 3. The molecule has 0 atom stereocenters. The molecule has 0 aliphatic rings. The van der Waals surface area contributed by atoms with Crippen LogP contribution in [0.2, 0.25) is 0 Å². The van der Waals surface area contributed by atoms with E-state index in [2.05, 4.69) is 11.9 Å². The summed E-state index contributed by atoms with van der Waals surface area (Å²) in [5, 5.41) is 0. The van der Waals surface area contributed by atoms with Crippen molar-refractivity contribution in [2.75, 3.05) is 6.54 Å². The quantitative estimate of drug-likeness (QED) is 0.261. The Labute approximate surface area is 62.5 Å². The highest BCUT2D eigenvalue weighted by molar-refractivity contribution is 5.69. The van der Waals surface area contributed by atoms with Gasteiger partial charge < -0.3 is 0 Å². The molecule has 0 heterocycles. The van der Waals surface area contributed by atoms with Crippen LogP contribution in [-0.2, 0) is 0 Å². The molecule has 0 aromatic rings. The van der Waals surface area contributed by atoms with E-state index in [0.29, 0.717) is 5.96 Å². The van der Waals surface area contributed by atoms with E-state index in [-0.39, 0.29) is 0 Å². The van der Waals surface area contributed by atoms with Gasteiger partial charge in [-0.15, -0.1) is 0 Å². The van der Waals surface area contributed by atoms with Gasteiger partial charge in [0.15, 0.2) is 0 Å². The summed E-state index contributed by atoms with van der Waals surface area (Å²) in [7, 11) is 0. The molecule has 0 unspecified atom stereocenters. The van der Waals surface area contributed by atoms with Gasteiger partial charge in [-0.3, -0.25) is 16.5 Å². The van der Waals surface area contributed by atoms with Crippen LogP contribution in [0.1, 0.15) is 32.6 Å². The average Bonchev–Trinajstić information content (AvgIpc) is 1.87. The second-order valence-electron chi connectivity index (χ2n) is 2.44. The Hall–Kier alpha value is -0.730. The number of nitrogens with two attached hydrogens (primary N) is 2. The van der Waals surface area contributed by atoms with E-state index < -0.39 is 0 Å². The molecule has 0 amide bonds. The van der Waals surface area contributed by atoms with Gasteiger partial charge in [0, 0.05) is 0 Å². The number of rotatable bonds is 5. The molecule has 0 aromatic carbocycles. The number of unbranched alkanes of at least 4 members (excludes halogenated alkanes) is 3. The fourth-order valence-corrected chi connectivity index (χ4v) is 0.785. The highest BCUT2D eigenvalue weighted by atomic mass is 15.0. The molecule has 60 valence electrons. The minimum Gasteiger partial charge on any atom is -0.291 e. The second-order valence-corrected chi connectivity index (χ2v) is 2.44. The lowest BCUT2D eigenvalue weighted by Crippen LogP contribution is -2.78. The van der Waals surface area contributed by atoms with Crippen molar-refractivity contribution in [3.05, 3.63) is 0 Å². The first-order valence-electron chi connectivity index (χ1n) is 3.89. The highest BCUT2D eigenvalue weighted by Crippen LogP contribution is 1.95. The summed E-state index contributed by atoms with van der Waals surface area (Å²) in [5.74, 6) is 0.330. The zero-order valence-electron chi connectivity index (χ0n) is 6.69. The molecule has 3 nitrogen and oxygen atoms in total. The van der Waals surface area contributed by atoms with Crippen LogP contribution >= 0.6 is 0 Å². The highest BCUT2D eigenvalue weighted by Gasteiger charge is 1.87. The Morgan fingerprint density at radius 3 is 2.40 bits per heavy atom. The van der Waals surface area contributed by atoms with Crippen LogP contribution in [0.5, 0.6) is 0 Å². The molecule has 3 heteroatoms. The average molecular weight is 144 g/mol.